The molecule has 0 unspecified atom stereocenters. The molecule has 0 spiro atoms. The van der Waals surface area contributed by atoms with E-state index in [9.17, 15) is 18.3 Å². The largest absolute Gasteiger partial charge is 0.507 e. The summed E-state index contributed by atoms with van der Waals surface area (Å²) in [5.74, 6) is -0.446. The van der Waals surface area contributed by atoms with E-state index in [-0.39, 0.29) is 28.8 Å². The summed E-state index contributed by atoms with van der Waals surface area (Å²) in [4.78, 5) is 17.7. The molecule has 1 aliphatic rings. The van der Waals surface area contributed by atoms with Crippen molar-refractivity contribution >= 4 is 33.5 Å². The average Bonchev–Trinajstić information content (AvgIpc) is 3.31. The van der Waals surface area contributed by atoms with Crippen molar-refractivity contribution in [3.63, 3.8) is 0 Å². The van der Waals surface area contributed by atoms with E-state index in [2.05, 4.69) is 19.4 Å². The lowest BCUT2D eigenvalue weighted by atomic mass is 10.1. The van der Waals surface area contributed by atoms with Gasteiger partial charge >= 0.3 is 0 Å². The molecule has 1 aliphatic heterocycles. The van der Waals surface area contributed by atoms with Crippen LogP contribution >= 0.6 is 0 Å². The minimum atomic E-state index is -4.16. The quantitative estimate of drug-likeness (QED) is 0.682. The Morgan fingerprint density at radius 3 is 2.66 bits per heavy atom. The zero-order valence-corrected chi connectivity index (χ0v) is 19.3. The van der Waals surface area contributed by atoms with Gasteiger partial charge in [0.2, 0.25) is 0 Å². The third-order valence-corrected chi connectivity index (χ3v) is 5.59. The van der Waals surface area contributed by atoms with Gasteiger partial charge in [-0.1, -0.05) is 38.7 Å². The Kier molecular flexibility index (Phi) is 6.58. The van der Waals surface area contributed by atoms with Crippen molar-refractivity contribution in [3.8, 4) is 5.75 Å². The van der Waals surface area contributed by atoms with Crippen molar-refractivity contribution in [1.29, 1.82) is 0 Å². The second kappa shape index (κ2) is 9.03. The molecule has 0 saturated carbocycles. The van der Waals surface area contributed by atoms with Gasteiger partial charge in [0, 0.05) is 25.8 Å². The third kappa shape index (κ3) is 4.93. The Bertz CT molecular complexity index is 1180. The highest BCUT2D eigenvalue weighted by molar-refractivity contribution is 7.94. The molecule has 1 aromatic carbocycles. The maximum absolute atomic E-state index is 12.3. The Morgan fingerprint density at radius 2 is 2.06 bits per heavy atom. The molecule has 172 valence electrons. The molecule has 0 radical (unpaired) electrons. The first kappa shape index (κ1) is 23.3. The van der Waals surface area contributed by atoms with Gasteiger partial charge in [-0.2, -0.15) is 0 Å². The third-order valence-electron chi connectivity index (χ3n) is 4.78. The maximum atomic E-state index is 12.3. The highest BCUT2D eigenvalue weighted by atomic mass is 32.2. The predicted octanol–water partition coefficient (Wildman–Crippen LogP) is 4.40. The number of hydrogen-bond donors (Lipinski definition) is 1. The SMILES string of the molecule is CC[C@@H]([N-]C1=NS(=O)(=O)[N-]C1=Nc1cccc(C(=O)N(C)C)c1O)c1cc(C(C)C)co1. The Balaban J connectivity index is 1.95. The fourth-order valence-electron chi connectivity index (χ4n) is 2.97. The van der Waals surface area contributed by atoms with Crippen LogP contribution < -0.4 is 0 Å². The van der Waals surface area contributed by atoms with Crippen LogP contribution in [0.2, 0.25) is 0 Å². The zero-order valence-electron chi connectivity index (χ0n) is 18.5. The van der Waals surface area contributed by atoms with Gasteiger partial charge < -0.3 is 33.9 Å². The van der Waals surface area contributed by atoms with Crippen molar-refractivity contribution in [2.24, 2.45) is 9.39 Å². The first-order valence-corrected chi connectivity index (χ1v) is 11.4. The lowest BCUT2D eigenvalue weighted by Gasteiger charge is -2.26. The summed E-state index contributed by atoms with van der Waals surface area (Å²) in [7, 11) is -1.06. The van der Waals surface area contributed by atoms with Gasteiger partial charge in [0.1, 0.15) is 11.5 Å². The smallest absolute Gasteiger partial charge is 0.257 e. The molecule has 1 atom stereocenters. The molecule has 1 aromatic heterocycles. The number of carbonyl (C=O) groups is 1. The molecule has 2 aromatic rings. The van der Waals surface area contributed by atoms with Crippen LogP contribution in [0.15, 0.2) is 44.3 Å². The monoisotopic (exact) mass is 459 g/mol. The van der Waals surface area contributed by atoms with Gasteiger partial charge in [-0.05, 0) is 35.9 Å². The van der Waals surface area contributed by atoms with Crippen LogP contribution in [0.1, 0.15) is 60.8 Å². The molecule has 0 fully saturated rings. The number of carbonyl (C=O) groups excluding carboxylic acids is 1. The van der Waals surface area contributed by atoms with E-state index < -0.39 is 27.9 Å². The average molecular weight is 460 g/mol. The summed E-state index contributed by atoms with van der Waals surface area (Å²) in [6.07, 6.45) is 2.17. The highest BCUT2D eigenvalue weighted by Gasteiger charge is 2.18. The number of furan rings is 1. The van der Waals surface area contributed by atoms with Crippen LogP contribution in [-0.2, 0) is 10.2 Å². The predicted molar refractivity (Wildman–Crippen MR) is 122 cm³/mol. The molecule has 32 heavy (non-hydrogen) atoms. The van der Waals surface area contributed by atoms with Crippen molar-refractivity contribution in [1.82, 2.24) is 4.90 Å². The van der Waals surface area contributed by atoms with Gasteiger partial charge in [-0.3, -0.25) is 4.79 Å². The maximum Gasteiger partial charge on any atom is 0.257 e. The minimum absolute atomic E-state index is 0.0235. The second-order valence-electron chi connectivity index (χ2n) is 7.75. The fourth-order valence-corrected chi connectivity index (χ4v) is 3.70. The Hall–Kier alpha value is -3.34. The summed E-state index contributed by atoms with van der Waals surface area (Å²) in [6, 6.07) is 5.79. The van der Waals surface area contributed by atoms with E-state index in [1.54, 1.807) is 20.4 Å². The molecule has 3 rings (SSSR count). The standard InChI is InChI=1S/C21H26N5O5S/c1-6-15(17-10-13(11-31-17)12(2)3)22-19-20(25-32(29,30)24-19)23-16-9-7-8-14(18(16)27)21(28)26(4)5/h7-12,15H,6H2,1-5H3,(H2-,22,23,24,25,27,28)/q-1/p-1/t15-/m1/s1. The summed E-state index contributed by atoms with van der Waals surface area (Å²) in [6.45, 7) is 5.95. The summed E-state index contributed by atoms with van der Waals surface area (Å²) in [5.41, 5.74) is 1.00. The summed E-state index contributed by atoms with van der Waals surface area (Å²) in [5, 5.41) is 14.9. The number of benzene rings is 1. The zero-order chi connectivity index (χ0) is 23.6. The normalized spacial score (nSPS) is 17.2. The topological polar surface area (TPSA) is 141 Å². The first-order valence-electron chi connectivity index (χ1n) is 10.0. The van der Waals surface area contributed by atoms with E-state index in [1.807, 2.05) is 26.8 Å². The van der Waals surface area contributed by atoms with Crippen molar-refractivity contribution < 1.29 is 22.7 Å². The van der Waals surface area contributed by atoms with Gasteiger partial charge in [-0.15, -0.1) is 0 Å². The van der Waals surface area contributed by atoms with Crippen molar-refractivity contribution in [2.45, 2.75) is 39.2 Å². The van der Waals surface area contributed by atoms with Crippen molar-refractivity contribution in [3.05, 3.63) is 57.5 Å². The van der Waals surface area contributed by atoms with Gasteiger partial charge in [0.05, 0.1) is 11.8 Å². The van der Waals surface area contributed by atoms with Crippen LogP contribution in [0.3, 0.4) is 0 Å². The number of amides is 1. The molecule has 10 nitrogen and oxygen atoms in total. The van der Waals surface area contributed by atoms with E-state index in [1.165, 1.54) is 23.1 Å². The molecule has 0 saturated heterocycles. The van der Waals surface area contributed by atoms with Crippen LogP contribution in [0.25, 0.3) is 10.0 Å². The Morgan fingerprint density at radius 1 is 1.34 bits per heavy atom. The first-order chi connectivity index (χ1) is 15.0. The van der Waals surface area contributed by atoms with Crippen LogP contribution in [0.5, 0.6) is 5.75 Å². The number of phenolic OH excluding ortho intramolecular Hbond substituents is 1. The number of rotatable bonds is 6. The number of hydrogen-bond acceptors (Lipinski definition) is 6. The summed E-state index contributed by atoms with van der Waals surface area (Å²) >= 11 is 0. The second-order valence-corrected chi connectivity index (χ2v) is 9.01. The van der Waals surface area contributed by atoms with E-state index in [0.717, 1.165) is 5.56 Å². The molecular formula is C21H25N5O5S-2. The van der Waals surface area contributed by atoms with Crippen LogP contribution in [0, 0.1) is 0 Å². The minimum Gasteiger partial charge on any atom is -0.507 e. The lowest BCUT2D eigenvalue weighted by molar-refractivity contribution is 0.0824. The molecule has 1 N–H and O–H groups in total. The van der Waals surface area contributed by atoms with Crippen LogP contribution in [-0.4, -0.2) is 50.1 Å². The van der Waals surface area contributed by atoms with E-state index >= 15 is 0 Å². The number of phenols is 1. The molecule has 2 heterocycles. The molecule has 11 heteroatoms. The fraction of sp³-hybridized carbons (Fsp3) is 0.381. The summed E-state index contributed by atoms with van der Waals surface area (Å²) < 4.78 is 36.9. The molecular weight excluding hydrogens is 434 g/mol. The molecule has 0 bridgehead atoms. The van der Waals surface area contributed by atoms with E-state index in [0.29, 0.717) is 12.2 Å². The number of aliphatic imine (C=N–C) groups is 1. The van der Waals surface area contributed by atoms with Gasteiger partial charge in [0.25, 0.3) is 5.91 Å². The van der Waals surface area contributed by atoms with Crippen LogP contribution in [0.4, 0.5) is 5.69 Å². The van der Waals surface area contributed by atoms with E-state index in [4.69, 9.17) is 4.42 Å². The van der Waals surface area contributed by atoms with Crippen molar-refractivity contribution in [2.75, 3.05) is 14.1 Å². The number of amidine groups is 2. The Labute approximate surface area is 187 Å². The number of para-hydroxylation sites is 1. The lowest BCUT2D eigenvalue weighted by Crippen LogP contribution is -2.21. The molecule has 0 aliphatic carbocycles. The highest BCUT2D eigenvalue weighted by Crippen LogP contribution is 2.36. The number of aromatic hydroxyl groups is 1. The van der Waals surface area contributed by atoms with Gasteiger partial charge in [-0.25, -0.2) is 8.42 Å². The van der Waals surface area contributed by atoms with Gasteiger partial charge in [0.15, 0.2) is 10.2 Å². The number of nitrogens with zero attached hydrogens (tertiary/aromatic N) is 5. The molecule has 1 amide bonds.